The zero-order chi connectivity index (χ0) is 30.4. The van der Waals surface area contributed by atoms with Crippen molar-refractivity contribution >= 4 is 41.5 Å². The highest BCUT2D eigenvalue weighted by Gasteiger charge is 2.32. The molecule has 0 radical (unpaired) electrons. The van der Waals surface area contributed by atoms with Gasteiger partial charge in [0.25, 0.3) is 0 Å². The lowest BCUT2D eigenvalue weighted by Crippen LogP contribution is -2.58. The summed E-state index contributed by atoms with van der Waals surface area (Å²) in [4.78, 5) is 76.4. The Morgan fingerprint density at radius 2 is 1.56 bits per heavy atom. The van der Waals surface area contributed by atoms with E-state index in [-0.39, 0.29) is 38.2 Å². The van der Waals surface area contributed by atoms with Crippen LogP contribution in [0, 0.1) is 17.8 Å². The summed E-state index contributed by atoms with van der Waals surface area (Å²) in [5.41, 5.74) is 5.91. The predicted octanol–water partition coefficient (Wildman–Crippen LogP) is -2.94. The summed E-state index contributed by atoms with van der Waals surface area (Å²) in [6.07, 6.45) is 4.71. The van der Waals surface area contributed by atoms with Crippen molar-refractivity contribution in [1.29, 1.82) is 5.41 Å². The third-order valence-corrected chi connectivity index (χ3v) is 5.94. The van der Waals surface area contributed by atoms with Crippen molar-refractivity contribution in [1.82, 2.24) is 31.9 Å². The molecule has 1 aromatic rings. The van der Waals surface area contributed by atoms with Crippen LogP contribution < -0.4 is 37.6 Å². The third kappa shape index (κ3) is 11.2. The van der Waals surface area contributed by atoms with E-state index in [1.54, 1.807) is 30.3 Å². The van der Waals surface area contributed by atoms with Gasteiger partial charge in [0.05, 0.1) is 13.0 Å². The van der Waals surface area contributed by atoms with Crippen LogP contribution in [0.2, 0.25) is 0 Å². The highest BCUT2D eigenvalue weighted by Crippen LogP contribution is 2.07. The summed E-state index contributed by atoms with van der Waals surface area (Å²) in [6.45, 7) is -0.412. The predicted molar refractivity (Wildman–Crippen MR) is 146 cm³/mol. The van der Waals surface area contributed by atoms with E-state index in [2.05, 4.69) is 37.8 Å². The summed E-state index contributed by atoms with van der Waals surface area (Å²) in [7, 11) is 0. The lowest BCUT2D eigenvalue weighted by Gasteiger charge is -2.25. The number of guanidine groups is 1. The SMILES string of the molecule is C#CC[C@@H]1NC(=O)[C@@H](Cc2ccccc2)NC(=O)[C@H](CC(=O)O)NC(=O)CNC(=O)[C@H](CCCNC(=N)N)NC1=O. The van der Waals surface area contributed by atoms with Crippen molar-refractivity contribution in [2.45, 2.75) is 56.3 Å². The number of carboxylic acids is 1. The van der Waals surface area contributed by atoms with Gasteiger partial charge in [0, 0.05) is 19.4 Å². The second-order valence-corrected chi connectivity index (χ2v) is 9.20. The first-order chi connectivity index (χ1) is 19.5. The van der Waals surface area contributed by atoms with Crippen LogP contribution in [0.15, 0.2) is 30.3 Å². The largest absolute Gasteiger partial charge is 0.481 e. The van der Waals surface area contributed by atoms with Crippen molar-refractivity contribution < 1.29 is 33.9 Å². The van der Waals surface area contributed by atoms with Gasteiger partial charge in [-0.15, -0.1) is 12.3 Å². The number of aliphatic carboxylic acids is 1. The van der Waals surface area contributed by atoms with Gasteiger partial charge in [-0.25, -0.2) is 0 Å². The first-order valence-corrected chi connectivity index (χ1v) is 12.8. The van der Waals surface area contributed by atoms with Crippen LogP contribution in [0.4, 0.5) is 0 Å². The smallest absolute Gasteiger partial charge is 0.305 e. The second kappa shape index (κ2) is 16.1. The number of nitrogens with two attached hydrogens (primary N) is 1. The molecule has 0 saturated carbocycles. The normalized spacial score (nSPS) is 22.3. The fourth-order valence-corrected chi connectivity index (χ4v) is 3.92. The van der Waals surface area contributed by atoms with Crippen LogP contribution in [0.5, 0.6) is 0 Å². The molecule has 0 aromatic heterocycles. The van der Waals surface area contributed by atoms with E-state index in [0.717, 1.165) is 0 Å². The van der Waals surface area contributed by atoms with Crippen LogP contribution in [0.3, 0.4) is 0 Å². The molecule has 0 unspecified atom stereocenters. The molecule has 1 fully saturated rings. The number of carbonyl (C=O) groups excluding carboxylic acids is 5. The Hall–Kier alpha value is -5.13. The Morgan fingerprint density at radius 3 is 2.20 bits per heavy atom. The molecule has 1 aliphatic heterocycles. The summed E-state index contributed by atoms with van der Waals surface area (Å²) in [5, 5.41) is 31.2. The van der Waals surface area contributed by atoms with Gasteiger partial charge in [0.15, 0.2) is 5.96 Å². The molecule has 0 spiro atoms. The fraction of sp³-hybridized carbons (Fsp3) is 0.423. The molecule has 15 nitrogen and oxygen atoms in total. The molecule has 0 bridgehead atoms. The highest BCUT2D eigenvalue weighted by atomic mass is 16.4. The number of terminal acetylenes is 1. The number of hydrogen-bond donors (Lipinski definition) is 9. The lowest BCUT2D eigenvalue weighted by atomic mass is 10.0. The fourth-order valence-electron chi connectivity index (χ4n) is 3.92. The number of benzene rings is 1. The van der Waals surface area contributed by atoms with E-state index in [1.807, 2.05) is 0 Å². The van der Waals surface area contributed by atoms with Gasteiger partial charge in [-0.3, -0.25) is 34.2 Å². The maximum atomic E-state index is 13.3. The van der Waals surface area contributed by atoms with E-state index in [1.165, 1.54) is 0 Å². The van der Waals surface area contributed by atoms with Crippen molar-refractivity contribution in [3.05, 3.63) is 35.9 Å². The second-order valence-electron chi connectivity index (χ2n) is 9.20. The van der Waals surface area contributed by atoms with Crippen molar-refractivity contribution in [3.63, 3.8) is 0 Å². The van der Waals surface area contributed by atoms with Gasteiger partial charge in [-0.2, -0.15) is 0 Å². The molecule has 1 heterocycles. The minimum Gasteiger partial charge on any atom is -0.481 e. The third-order valence-electron chi connectivity index (χ3n) is 5.94. The molecule has 41 heavy (non-hydrogen) atoms. The number of rotatable bonds is 9. The molecule has 10 N–H and O–H groups in total. The highest BCUT2D eigenvalue weighted by molar-refractivity contribution is 5.98. The zero-order valence-electron chi connectivity index (χ0n) is 22.2. The van der Waals surface area contributed by atoms with E-state index >= 15 is 0 Å². The lowest BCUT2D eigenvalue weighted by molar-refractivity contribution is -0.141. The molecule has 4 atom stereocenters. The van der Waals surface area contributed by atoms with Crippen LogP contribution in [-0.2, 0) is 35.2 Å². The van der Waals surface area contributed by atoms with Crippen LogP contribution in [0.25, 0.3) is 0 Å². The summed E-state index contributed by atoms with van der Waals surface area (Å²) < 4.78 is 0. The molecule has 1 aliphatic rings. The zero-order valence-corrected chi connectivity index (χ0v) is 22.2. The summed E-state index contributed by atoms with van der Waals surface area (Å²) in [6, 6.07) is 3.33. The molecule has 2 rings (SSSR count). The van der Waals surface area contributed by atoms with Gasteiger partial charge in [0.2, 0.25) is 29.5 Å². The first-order valence-electron chi connectivity index (χ1n) is 12.8. The van der Waals surface area contributed by atoms with Gasteiger partial charge >= 0.3 is 5.97 Å². The molecule has 220 valence electrons. The number of carbonyl (C=O) groups is 6. The average molecular weight is 571 g/mol. The monoisotopic (exact) mass is 570 g/mol. The summed E-state index contributed by atoms with van der Waals surface area (Å²) in [5.74, 6) is -3.51. The standard InChI is InChI=1S/C26H34N8O7/c1-2-7-16-23(39)33-17(10-6-11-29-26(27)28)22(38)30-14-20(35)31-19(13-21(36)37)25(41)34-18(24(40)32-16)12-15-8-4-3-5-9-15/h1,3-5,8-9,16-19H,6-7,10-14H2,(H,30,38)(H,31,35)(H,32,40)(H,33,39)(H,34,41)(H,36,37)(H4,27,28,29)/t16-,17-,18+,19-/m0/s1. The Labute approximate surface area is 236 Å². The van der Waals surface area contributed by atoms with Crippen LogP contribution >= 0.6 is 0 Å². The maximum absolute atomic E-state index is 13.3. The number of amides is 5. The van der Waals surface area contributed by atoms with Gasteiger partial charge in [-0.1, -0.05) is 30.3 Å². The summed E-state index contributed by atoms with van der Waals surface area (Å²) >= 11 is 0. The van der Waals surface area contributed by atoms with E-state index in [4.69, 9.17) is 17.6 Å². The quantitative estimate of drug-likeness (QED) is 0.0637. The van der Waals surface area contributed by atoms with E-state index in [9.17, 15) is 33.9 Å². The van der Waals surface area contributed by atoms with Crippen LogP contribution in [0.1, 0.15) is 31.2 Å². The van der Waals surface area contributed by atoms with Gasteiger partial charge in [0.1, 0.15) is 24.2 Å². The average Bonchev–Trinajstić information content (AvgIpc) is 2.92. The van der Waals surface area contributed by atoms with Crippen molar-refractivity contribution in [3.8, 4) is 12.3 Å². The van der Waals surface area contributed by atoms with Gasteiger partial charge < -0.3 is 42.7 Å². The first kappa shape index (κ1) is 32.1. The number of hydrogen-bond acceptors (Lipinski definition) is 7. The van der Waals surface area contributed by atoms with Crippen molar-refractivity contribution in [2.75, 3.05) is 13.1 Å². The van der Waals surface area contributed by atoms with E-state index < -0.39 is 72.6 Å². The Morgan fingerprint density at radius 1 is 0.951 bits per heavy atom. The minimum atomic E-state index is -1.57. The molecule has 1 saturated heterocycles. The molecule has 5 amide bonds. The van der Waals surface area contributed by atoms with Crippen LogP contribution in [-0.4, -0.2) is 83.8 Å². The number of carboxylic acid groups (broad SMARTS) is 1. The molecule has 15 heteroatoms. The molecular weight excluding hydrogens is 536 g/mol. The number of nitrogens with one attached hydrogen (secondary N) is 7. The maximum Gasteiger partial charge on any atom is 0.305 e. The van der Waals surface area contributed by atoms with Crippen molar-refractivity contribution in [2.24, 2.45) is 5.73 Å². The Balaban J connectivity index is 2.40. The Kier molecular flexibility index (Phi) is 12.6. The Bertz CT molecular complexity index is 1180. The molecule has 1 aromatic carbocycles. The van der Waals surface area contributed by atoms with Gasteiger partial charge in [-0.05, 0) is 18.4 Å². The topological polar surface area (TPSA) is 245 Å². The minimum absolute atomic E-state index is 0.0254. The molecule has 0 aliphatic carbocycles. The molecular formula is C26H34N8O7. The van der Waals surface area contributed by atoms with E-state index in [0.29, 0.717) is 5.56 Å².